The maximum absolute atomic E-state index is 13.3. The van der Waals surface area contributed by atoms with Crippen molar-refractivity contribution in [2.45, 2.75) is 32.2 Å². The number of carbonyl (C=O) groups excluding carboxylic acids is 1. The number of aromatic nitrogens is 3. The molecular weight excluding hydrogens is 418 g/mol. The Morgan fingerprint density at radius 1 is 1.19 bits per heavy atom. The first-order chi connectivity index (χ1) is 14.7. The molecule has 1 aromatic carbocycles. The van der Waals surface area contributed by atoms with Gasteiger partial charge in [-0.1, -0.05) is 0 Å². The van der Waals surface area contributed by atoms with Gasteiger partial charge in [0.25, 0.3) is 11.5 Å². The molecule has 2 aliphatic rings. The number of benzene rings is 1. The standard InChI is InChI=1S/C21H23N5O4S/c1-13-10-20(27)26-19(22-13)12-16(23-26)18-4-3-8-24(18)21(28)15-5-6-17-14(11-15)7-9-25(17)31(2,29)30/h5-6,10-12,18,23H,3-4,7-9H2,1-2H3. The van der Waals surface area contributed by atoms with E-state index in [-0.39, 0.29) is 17.5 Å². The second kappa shape index (κ2) is 6.94. The molecule has 31 heavy (non-hydrogen) atoms. The van der Waals surface area contributed by atoms with Crippen LogP contribution < -0.4 is 9.86 Å². The Kier molecular flexibility index (Phi) is 4.44. The average molecular weight is 442 g/mol. The lowest BCUT2D eigenvalue weighted by atomic mass is 10.1. The van der Waals surface area contributed by atoms with E-state index in [0.29, 0.717) is 42.1 Å². The molecule has 1 amide bonds. The van der Waals surface area contributed by atoms with Crippen molar-refractivity contribution in [3.63, 3.8) is 0 Å². The highest BCUT2D eigenvalue weighted by Crippen LogP contribution is 2.35. The number of sulfonamides is 1. The number of rotatable bonds is 3. The van der Waals surface area contributed by atoms with Crippen LogP contribution in [0, 0.1) is 6.92 Å². The minimum Gasteiger partial charge on any atom is -0.330 e. The van der Waals surface area contributed by atoms with Crippen LogP contribution in [0.25, 0.3) is 5.65 Å². The van der Waals surface area contributed by atoms with Crippen LogP contribution in [0.3, 0.4) is 0 Å². The number of H-pyrrole nitrogens is 1. The average Bonchev–Trinajstić information content (AvgIpc) is 3.43. The molecule has 4 heterocycles. The summed E-state index contributed by atoms with van der Waals surface area (Å²) < 4.78 is 26.7. The van der Waals surface area contributed by atoms with Crippen LogP contribution in [-0.2, 0) is 16.4 Å². The van der Waals surface area contributed by atoms with Gasteiger partial charge in [-0.15, -0.1) is 0 Å². The fourth-order valence-corrected chi connectivity index (χ4v) is 5.61. The molecule has 1 atom stereocenters. The zero-order valence-electron chi connectivity index (χ0n) is 17.3. The molecule has 0 spiro atoms. The van der Waals surface area contributed by atoms with Crippen LogP contribution in [0.4, 0.5) is 5.69 Å². The van der Waals surface area contributed by atoms with Crippen LogP contribution >= 0.6 is 0 Å². The normalized spacial score (nSPS) is 18.7. The van der Waals surface area contributed by atoms with Crippen molar-refractivity contribution in [3.05, 3.63) is 63.2 Å². The summed E-state index contributed by atoms with van der Waals surface area (Å²) in [5, 5.41) is 3.11. The van der Waals surface area contributed by atoms with E-state index in [2.05, 4.69) is 10.1 Å². The molecule has 1 unspecified atom stereocenters. The highest BCUT2D eigenvalue weighted by atomic mass is 32.2. The summed E-state index contributed by atoms with van der Waals surface area (Å²) in [7, 11) is -3.33. The predicted molar refractivity (Wildman–Crippen MR) is 116 cm³/mol. The van der Waals surface area contributed by atoms with Crippen LogP contribution in [0.1, 0.15) is 46.2 Å². The first-order valence-electron chi connectivity index (χ1n) is 10.2. The minimum atomic E-state index is -3.33. The number of amides is 1. The lowest BCUT2D eigenvalue weighted by Gasteiger charge is -2.24. The molecule has 2 aromatic heterocycles. The van der Waals surface area contributed by atoms with Gasteiger partial charge in [0.1, 0.15) is 0 Å². The Morgan fingerprint density at radius 2 is 2.00 bits per heavy atom. The van der Waals surface area contributed by atoms with E-state index in [9.17, 15) is 18.0 Å². The van der Waals surface area contributed by atoms with Crippen molar-refractivity contribution in [2.75, 3.05) is 23.7 Å². The van der Waals surface area contributed by atoms with Crippen molar-refractivity contribution in [1.82, 2.24) is 19.5 Å². The van der Waals surface area contributed by atoms with Crippen molar-refractivity contribution >= 4 is 27.3 Å². The number of carbonyl (C=O) groups is 1. The van der Waals surface area contributed by atoms with Gasteiger partial charge in [-0.05, 0) is 49.9 Å². The third-order valence-corrected chi connectivity index (χ3v) is 7.23. The van der Waals surface area contributed by atoms with Gasteiger partial charge in [-0.2, -0.15) is 0 Å². The molecule has 9 nitrogen and oxygen atoms in total. The monoisotopic (exact) mass is 441 g/mol. The maximum Gasteiger partial charge on any atom is 0.272 e. The molecule has 0 aliphatic carbocycles. The summed E-state index contributed by atoms with van der Waals surface area (Å²) in [5.41, 5.74) is 3.85. The second-order valence-electron chi connectivity index (χ2n) is 8.23. The van der Waals surface area contributed by atoms with Gasteiger partial charge in [-0.25, -0.2) is 17.9 Å². The van der Waals surface area contributed by atoms with E-state index >= 15 is 0 Å². The van der Waals surface area contributed by atoms with Crippen molar-refractivity contribution < 1.29 is 13.2 Å². The SMILES string of the molecule is Cc1cc(=O)n2[nH]c(C3CCCN3C(=O)c3ccc4c(c3)CCN4S(C)(=O)=O)cc2n1. The Bertz CT molecular complexity index is 1370. The summed E-state index contributed by atoms with van der Waals surface area (Å²) in [5.74, 6) is -0.0988. The summed E-state index contributed by atoms with van der Waals surface area (Å²) >= 11 is 0. The fraction of sp³-hybridized carbons (Fsp3) is 0.381. The summed E-state index contributed by atoms with van der Waals surface area (Å²) in [6.45, 7) is 2.79. The van der Waals surface area contributed by atoms with E-state index in [4.69, 9.17) is 0 Å². The topological polar surface area (TPSA) is 108 Å². The van der Waals surface area contributed by atoms with Gasteiger partial charge < -0.3 is 4.90 Å². The van der Waals surface area contributed by atoms with E-state index in [1.54, 1.807) is 25.1 Å². The number of nitrogens with zero attached hydrogens (tertiary/aromatic N) is 4. The number of anilines is 1. The van der Waals surface area contributed by atoms with E-state index < -0.39 is 10.0 Å². The molecule has 1 fully saturated rings. The minimum absolute atomic E-state index is 0.0988. The quantitative estimate of drug-likeness (QED) is 0.665. The zero-order valence-corrected chi connectivity index (χ0v) is 18.1. The van der Waals surface area contributed by atoms with Crippen LogP contribution in [0.5, 0.6) is 0 Å². The lowest BCUT2D eigenvalue weighted by molar-refractivity contribution is 0.0732. The van der Waals surface area contributed by atoms with Crippen LogP contribution in [0.15, 0.2) is 35.1 Å². The number of likely N-dealkylation sites (tertiary alicyclic amines) is 1. The summed E-state index contributed by atoms with van der Waals surface area (Å²) in [6, 6.07) is 8.35. The van der Waals surface area contributed by atoms with Crippen molar-refractivity contribution in [1.29, 1.82) is 0 Å². The molecule has 10 heteroatoms. The molecule has 2 aliphatic heterocycles. The van der Waals surface area contributed by atoms with Gasteiger partial charge in [-0.3, -0.25) is 19.0 Å². The summed E-state index contributed by atoms with van der Waals surface area (Å²) in [4.78, 5) is 31.8. The molecular formula is C21H23N5O4S. The molecule has 1 saturated heterocycles. The van der Waals surface area contributed by atoms with Crippen molar-refractivity contribution in [3.8, 4) is 0 Å². The van der Waals surface area contributed by atoms with E-state index in [0.717, 1.165) is 24.1 Å². The maximum atomic E-state index is 13.3. The smallest absolute Gasteiger partial charge is 0.272 e. The van der Waals surface area contributed by atoms with Gasteiger partial charge in [0.2, 0.25) is 10.0 Å². The van der Waals surface area contributed by atoms with Gasteiger partial charge >= 0.3 is 0 Å². The van der Waals surface area contributed by atoms with Gasteiger partial charge in [0.15, 0.2) is 5.65 Å². The molecule has 5 rings (SSSR count). The molecule has 162 valence electrons. The number of hydrogen-bond acceptors (Lipinski definition) is 5. The van der Waals surface area contributed by atoms with Gasteiger partial charge in [0, 0.05) is 36.5 Å². The largest absolute Gasteiger partial charge is 0.330 e. The number of fused-ring (bicyclic) bond motifs is 2. The first kappa shape index (κ1) is 19.8. The van der Waals surface area contributed by atoms with E-state index in [1.807, 2.05) is 11.0 Å². The fourth-order valence-electron chi connectivity index (χ4n) is 4.65. The zero-order chi connectivity index (χ0) is 21.9. The second-order valence-corrected chi connectivity index (χ2v) is 10.1. The van der Waals surface area contributed by atoms with Crippen molar-refractivity contribution in [2.24, 2.45) is 0 Å². The van der Waals surface area contributed by atoms with Crippen LogP contribution in [-0.4, -0.2) is 53.2 Å². The highest BCUT2D eigenvalue weighted by molar-refractivity contribution is 7.92. The molecule has 3 aromatic rings. The first-order valence-corrected chi connectivity index (χ1v) is 12.1. The Labute approximate surface area is 179 Å². The Morgan fingerprint density at radius 3 is 2.77 bits per heavy atom. The molecule has 0 bridgehead atoms. The number of hydrogen-bond donors (Lipinski definition) is 1. The highest BCUT2D eigenvalue weighted by Gasteiger charge is 2.33. The molecule has 0 saturated carbocycles. The number of aryl methyl sites for hydroxylation is 1. The summed E-state index contributed by atoms with van der Waals surface area (Å²) in [6.07, 6.45) is 3.43. The molecule has 0 radical (unpaired) electrons. The Hall–Kier alpha value is -3.14. The third-order valence-electron chi connectivity index (χ3n) is 6.05. The molecule has 1 N–H and O–H groups in total. The van der Waals surface area contributed by atoms with E-state index in [1.165, 1.54) is 21.1 Å². The lowest BCUT2D eigenvalue weighted by Crippen LogP contribution is -2.31. The predicted octanol–water partition coefficient (Wildman–Crippen LogP) is 1.63. The number of nitrogens with one attached hydrogen (secondary N) is 1. The number of aromatic amines is 1. The van der Waals surface area contributed by atoms with Gasteiger partial charge in [0.05, 0.1) is 23.7 Å². The third kappa shape index (κ3) is 3.31. The Balaban J connectivity index is 1.46. The van der Waals surface area contributed by atoms with Crippen LogP contribution in [0.2, 0.25) is 0 Å².